The molecule has 102 valence electrons. The van der Waals surface area contributed by atoms with Crippen LogP contribution in [0.4, 0.5) is 0 Å². The van der Waals surface area contributed by atoms with Gasteiger partial charge >= 0.3 is 0 Å². The second-order valence-corrected chi connectivity index (χ2v) is 5.48. The lowest BCUT2D eigenvalue weighted by atomic mass is 10.1. The molecule has 4 heteroatoms. The molecule has 0 radical (unpaired) electrons. The number of carbonyl (C=O) groups excluding carboxylic acids is 1. The molecule has 1 aromatic rings. The maximum absolute atomic E-state index is 12.3. The third-order valence-electron chi connectivity index (χ3n) is 4.27. The van der Waals surface area contributed by atoms with Gasteiger partial charge in [-0.05, 0) is 25.5 Å². The molecule has 19 heavy (non-hydrogen) atoms. The van der Waals surface area contributed by atoms with E-state index in [-0.39, 0.29) is 11.7 Å². The molecule has 2 saturated heterocycles. The standard InChI is InChI=1S/C15H20N2O2/c18-14-6-2-1-4-12(14)10-15(19)17-9-8-16-7-3-5-13(16)11-17/h1-2,4,6,13,18H,3,5,7-11H2. The van der Waals surface area contributed by atoms with Crippen LogP contribution in [0.15, 0.2) is 24.3 Å². The predicted molar refractivity (Wildman–Crippen MR) is 73.0 cm³/mol. The van der Waals surface area contributed by atoms with Crippen LogP contribution in [0.25, 0.3) is 0 Å². The molecule has 2 aliphatic heterocycles. The van der Waals surface area contributed by atoms with Gasteiger partial charge < -0.3 is 10.0 Å². The summed E-state index contributed by atoms with van der Waals surface area (Å²) in [6, 6.07) is 7.65. The number of para-hydroxylation sites is 1. The molecule has 2 heterocycles. The fraction of sp³-hybridized carbons (Fsp3) is 0.533. The summed E-state index contributed by atoms with van der Waals surface area (Å²) in [5.74, 6) is 0.350. The van der Waals surface area contributed by atoms with E-state index in [1.807, 2.05) is 17.0 Å². The number of aromatic hydroxyl groups is 1. The molecule has 0 saturated carbocycles. The molecule has 1 amide bonds. The summed E-state index contributed by atoms with van der Waals surface area (Å²) in [5, 5.41) is 9.73. The maximum Gasteiger partial charge on any atom is 0.227 e. The molecular weight excluding hydrogens is 240 g/mol. The Labute approximate surface area is 113 Å². The SMILES string of the molecule is O=C(Cc1ccccc1O)N1CCN2CCCC2C1. The molecule has 1 aromatic carbocycles. The topological polar surface area (TPSA) is 43.8 Å². The van der Waals surface area contributed by atoms with Gasteiger partial charge in [0.05, 0.1) is 6.42 Å². The van der Waals surface area contributed by atoms with Crippen LogP contribution >= 0.6 is 0 Å². The molecule has 3 rings (SSSR count). The van der Waals surface area contributed by atoms with Gasteiger partial charge in [0.25, 0.3) is 0 Å². The normalized spacial score (nSPS) is 23.4. The van der Waals surface area contributed by atoms with E-state index in [2.05, 4.69) is 4.90 Å². The number of fused-ring (bicyclic) bond motifs is 1. The lowest BCUT2D eigenvalue weighted by molar-refractivity contribution is -0.133. The fourth-order valence-electron chi connectivity index (χ4n) is 3.15. The van der Waals surface area contributed by atoms with Crippen LogP contribution in [0, 0.1) is 0 Å². The third kappa shape index (κ3) is 2.59. The zero-order chi connectivity index (χ0) is 13.2. The second-order valence-electron chi connectivity index (χ2n) is 5.48. The first kappa shape index (κ1) is 12.5. The predicted octanol–water partition coefficient (Wildman–Crippen LogP) is 1.24. The van der Waals surface area contributed by atoms with E-state index < -0.39 is 0 Å². The average molecular weight is 260 g/mol. The van der Waals surface area contributed by atoms with Gasteiger partial charge in [0.2, 0.25) is 5.91 Å². The van der Waals surface area contributed by atoms with Crippen LogP contribution in [0.1, 0.15) is 18.4 Å². The van der Waals surface area contributed by atoms with Crippen molar-refractivity contribution < 1.29 is 9.90 Å². The van der Waals surface area contributed by atoms with Gasteiger partial charge in [-0.15, -0.1) is 0 Å². The van der Waals surface area contributed by atoms with E-state index in [4.69, 9.17) is 0 Å². The molecule has 1 unspecified atom stereocenters. The quantitative estimate of drug-likeness (QED) is 0.870. The molecule has 0 aliphatic carbocycles. The lowest BCUT2D eigenvalue weighted by Gasteiger charge is -2.37. The van der Waals surface area contributed by atoms with E-state index in [0.717, 1.165) is 25.2 Å². The minimum atomic E-state index is 0.132. The van der Waals surface area contributed by atoms with Crippen molar-refractivity contribution in [2.45, 2.75) is 25.3 Å². The Morgan fingerprint density at radius 1 is 1.26 bits per heavy atom. The van der Waals surface area contributed by atoms with Gasteiger partial charge in [0, 0.05) is 31.2 Å². The van der Waals surface area contributed by atoms with Crippen molar-refractivity contribution >= 4 is 5.91 Å². The van der Waals surface area contributed by atoms with Crippen molar-refractivity contribution in [2.24, 2.45) is 0 Å². The van der Waals surface area contributed by atoms with Crippen LogP contribution in [-0.4, -0.2) is 53.0 Å². The summed E-state index contributed by atoms with van der Waals surface area (Å²) >= 11 is 0. The van der Waals surface area contributed by atoms with Crippen molar-refractivity contribution in [3.63, 3.8) is 0 Å². The van der Waals surface area contributed by atoms with Gasteiger partial charge in [0.15, 0.2) is 0 Å². The Balaban J connectivity index is 1.63. The molecule has 0 aromatic heterocycles. The Morgan fingerprint density at radius 2 is 2.11 bits per heavy atom. The Hall–Kier alpha value is -1.55. The van der Waals surface area contributed by atoms with Crippen molar-refractivity contribution in [3.05, 3.63) is 29.8 Å². The zero-order valence-electron chi connectivity index (χ0n) is 11.1. The molecule has 1 N–H and O–H groups in total. The number of phenols is 1. The average Bonchev–Trinajstić information content (AvgIpc) is 2.88. The highest BCUT2D eigenvalue weighted by Gasteiger charge is 2.32. The van der Waals surface area contributed by atoms with E-state index in [1.54, 1.807) is 12.1 Å². The zero-order valence-corrected chi connectivity index (χ0v) is 11.1. The van der Waals surface area contributed by atoms with Gasteiger partial charge in [-0.1, -0.05) is 18.2 Å². The molecule has 2 fully saturated rings. The fourth-order valence-corrected chi connectivity index (χ4v) is 3.15. The van der Waals surface area contributed by atoms with E-state index in [9.17, 15) is 9.90 Å². The van der Waals surface area contributed by atoms with Crippen LogP contribution in [-0.2, 0) is 11.2 Å². The van der Waals surface area contributed by atoms with Crippen LogP contribution in [0.5, 0.6) is 5.75 Å². The van der Waals surface area contributed by atoms with E-state index in [1.165, 1.54) is 19.4 Å². The van der Waals surface area contributed by atoms with Crippen molar-refractivity contribution in [3.8, 4) is 5.75 Å². The highest BCUT2D eigenvalue weighted by molar-refractivity contribution is 5.79. The summed E-state index contributed by atoms with van der Waals surface area (Å²) in [6.45, 7) is 3.86. The third-order valence-corrected chi connectivity index (χ3v) is 4.27. The number of amides is 1. The Bertz CT molecular complexity index is 475. The van der Waals surface area contributed by atoms with Gasteiger partial charge in [0.1, 0.15) is 5.75 Å². The molecular formula is C15H20N2O2. The smallest absolute Gasteiger partial charge is 0.227 e. The highest BCUT2D eigenvalue weighted by atomic mass is 16.3. The number of carbonyl (C=O) groups is 1. The first-order valence-corrected chi connectivity index (χ1v) is 7.03. The van der Waals surface area contributed by atoms with Crippen LogP contribution in [0.3, 0.4) is 0 Å². The first-order chi connectivity index (χ1) is 9.24. The van der Waals surface area contributed by atoms with Crippen LogP contribution in [0.2, 0.25) is 0 Å². The summed E-state index contributed by atoms with van der Waals surface area (Å²) in [5.41, 5.74) is 0.723. The van der Waals surface area contributed by atoms with Crippen molar-refractivity contribution in [1.82, 2.24) is 9.80 Å². The molecule has 2 aliphatic rings. The number of nitrogens with zero attached hydrogens (tertiary/aromatic N) is 2. The lowest BCUT2D eigenvalue weighted by Crippen LogP contribution is -2.52. The number of hydrogen-bond donors (Lipinski definition) is 1. The molecule has 0 spiro atoms. The summed E-state index contributed by atoms with van der Waals surface area (Å²) in [6.07, 6.45) is 2.77. The number of hydrogen-bond acceptors (Lipinski definition) is 3. The second kappa shape index (κ2) is 5.21. The summed E-state index contributed by atoms with van der Waals surface area (Å²) < 4.78 is 0. The van der Waals surface area contributed by atoms with Gasteiger partial charge in [-0.25, -0.2) is 0 Å². The van der Waals surface area contributed by atoms with Gasteiger partial charge in [-0.3, -0.25) is 9.69 Å². The van der Waals surface area contributed by atoms with E-state index in [0.29, 0.717) is 12.5 Å². The Morgan fingerprint density at radius 3 is 2.95 bits per heavy atom. The maximum atomic E-state index is 12.3. The first-order valence-electron chi connectivity index (χ1n) is 7.03. The summed E-state index contributed by atoms with van der Waals surface area (Å²) in [7, 11) is 0. The van der Waals surface area contributed by atoms with Crippen molar-refractivity contribution in [2.75, 3.05) is 26.2 Å². The number of piperazine rings is 1. The number of benzene rings is 1. The Kier molecular flexibility index (Phi) is 3.42. The minimum Gasteiger partial charge on any atom is -0.508 e. The van der Waals surface area contributed by atoms with E-state index >= 15 is 0 Å². The highest BCUT2D eigenvalue weighted by Crippen LogP contribution is 2.23. The largest absolute Gasteiger partial charge is 0.508 e. The molecule has 0 bridgehead atoms. The van der Waals surface area contributed by atoms with Crippen molar-refractivity contribution in [1.29, 1.82) is 0 Å². The summed E-state index contributed by atoms with van der Waals surface area (Å²) in [4.78, 5) is 16.8. The molecule has 4 nitrogen and oxygen atoms in total. The number of rotatable bonds is 2. The monoisotopic (exact) mass is 260 g/mol. The van der Waals surface area contributed by atoms with Gasteiger partial charge in [-0.2, -0.15) is 0 Å². The minimum absolute atomic E-state index is 0.132. The van der Waals surface area contributed by atoms with Crippen LogP contribution < -0.4 is 0 Å². The molecule has 1 atom stereocenters. The number of phenolic OH excluding ortho intramolecular Hbond substituents is 1.